The number of hydrogen-bond acceptors (Lipinski definition) is 4. The Kier molecular flexibility index (Phi) is 4.28. The maximum absolute atomic E-state index is 5.37. The van der Waals surface area contributed by atoms with E-state index in [2.05, 4.69) is 5.10 Å². The van der Waals surface area contributed by atoms with Gasteiger partial charge in [-0.15, -0.1) is 0 Å². The normalized spacial score (nSPS) is 11.1. The van der Waals surface area contributed by atoms with Crippen LogP contribution < -0.4 is 21.1 Å². The molecule has 0 saturated heterocycles. The molecular formula is C10H15N3O2. The maximum Gasteiger partial charge on any atom is 0.157 e. The Bertz CT molecular complexity index is 322. The highest BCUT2D eigenvalue weighted by Gasteiger charge is 1.97. The summed E-state index contributed by atoms with van der Waals surface area (Å²) >= 11 is 0. The number of ether oxygens (including phenoxy) is 2. The molecule has 0 aromatic heterocycles. The SMILES string of the molecule is CCOc1ccc(OC/C(N)=N/N)cc1. The summed E-state index contributed by atoms with van der Waals surface area (Å²) in [5.74, 6) is 6.73. The lowest BCUT2D eigenvalue weighted by molar-refractivity contribution is 0.337. The molecule has 82 valence electrons. The van der Waals surface area contributed by atoms with Gasteiger partial charge in [-0.3, -0.25) is 0 Å². The van der Waals surface area contributed by atoms with Gasteiger partial charge in [0.15, 0.2) is 5.84 Å². The minimum atomic E-state index is 0.185. The van der Waals surface area contributed by atoms with E-state index in [1.54, 1.807) is 12.1 Å². The van der Waals surface area contributed by atoms with Crippen molar-refractivity contribution in [2.24, 2.45) is 16.7 Å². The molecule has 0 amide bonds. The molecule has 0 aliphatic rings. The van der Waals surface area contributed by atoms with Crippen molar-refractivity contribution in [2.45, 2.75) is 6.92 Å². The molecule has 5 nitrogen and oxygen atoms in total. The molecule has 0 heterocycles. The number of nitrogens with two attached hydrogens (primary N) is 2. The summed E-state index contributed by atoms with van der Waals surface area (Å²) in [6.45, 7) is 2.76. The first-order chi connectivity index (χ1) is 7.26. The summed E-state index contributed by atoms with van der Waals surface area (Å²) in [5.41, 5.74) is 5.37. The average molecular weight is 209 g/mol. The van der Waals surface area contributed by atoms with Gasteiger partial charge in [-0.2, -0.15) is 5.10 Å². The highest BCUT2D eigenvalue weighted by molar-refractivity contribution is 5.81. The van der Waals surface area contributed by atoms with Gasteiger partial charge in [-0.05, 0) is 31.2 Å². The van der Waals surface area contributed by atoms with Gasteiger partial charge in [0.05, 0.1) is 6.61 Å². The molecular weight excluding hydrogens is 194 g/mol. The topological polar surface area (TPSA) is 82.9 Å². The Labute approximate surface area is 88.7 Å². The monoisotopic (exact) mass is 209 g/mol. The van der Waals surface area contributed by atoms with Crippen LogP contribution in [-0.2, 0) is 0 Å². The summed E-state index contributed by atoms with van der Waals surface area (Å²) < 4.78 is 10.6. The number of benzene rings is 1. The largest absolute Gasteiger partial charge is 0.494 e. The van der Waals surface area contributed by atoms with Crippen LogP contribution in [0.25, 0.3) is 0 Å². The van der Waals surface area contributed by atoms with Crippen LogP contribution in [0.15, 0.2) is 29.4 Å². The molecule has 0 unspecified atom stereocenters. The Morgan fingerprint density at radius 1 is 1.20 bits per heavy atom. The van der Waals surface area contributed by atoms with Crippen LogP contribution in [0.2, 0.25) is 0 Å². The van der Waals surface area contributed by atoms with Crippen LogP contribution in [-0.4, -0.2) is 19.0 Å². The molecule has 0 spiro atoms. The number of amidine groups is 1. The fraction of sp³-hybridized carbons (Fsp3) is 0.300. The van der Waals surface area contributed by atoms with Crippen LogP contribution in [0.5, 0.6) is 11.5 Å². The van der Waals surface area contributed by atoms with Gasteiger partial charge in [-0.1, -0.05) is 0 Å². The molecule has 1 aromatic carbocycles. The molecule has 0 radical (unpaired) electrons. The van der Waals surface area contributed by atoms with Gasteiger partial charge in [0.1, 0.15) is 18.1 Å². The van der Waals surface area contributed by atoms with Gasteiger partial charge < -0.3 is 21.1 Å². The van der Waals surface area contributed by atoms with Crippen molar-refractivity contribution in [1.82, 2.24) is 0 Å². The van der Waals surface area contributed by atoms with E-state index in [-0.39, 0.29) is 12.4 Å². The smallest absolute Gasteiger partial charge is 0.157 e. The zero-order valence-corrected chi connectivity index (χ0v) is 8.64. The Morgan fingerprint density at radius 2 is 1.73 bits per heavy atom. The summed E-state index contributed by atoms with van der Waals surface area (Å²) in [6.07, 6.45) is 0. The van der Waals surface area contributed by atoms with Crippen molar-refractivity contribution in [2.75, 3.05) is 13.2 Å². The molecule has 1 aromatic rings. The van der Waals surface area contributed by atoms with Crippen LogP contribution >= 0.6 is 0 Å². The van der Waals surface area contributed by atoms with Crippen molar-refractivity contribution in [3.05, 3.63) is 24.3 Å². The third kappa shape index (κ3) is 3.76. The summed E-state index contributed by atoms with van der Waals surface area (Å²) in [5, 5.41) is 3.30. The molecule has 4 N–H and O–H groups in total. The van der Waals surface area contributed by atoms with E-state index in [9.17, 15) is 0 Å². The van der Waals surface area contributed by atoms with E-state index < -0.39 is 0 Å². The third-order valence-electron chi connectivity index (χ3n) is 1.69. The van der Waals surface area contributed by atoms with Crippen molar-refractivity contribution in [3.63, 3.8) is 0 Å². The van der Waals surface area contributed by atoms with Crippen molar-refractivity contribution >= 4 is 5.84 Å². The van der Waals surface area contributed by atoms with Crippen molar-refractivity contribution < 1.29 is 9.47 Å². The second-order valence-electron chi connectivity index (χ2n) is 2.81. The molecule has 0 aliphatic carbocycles. The van der Waals surface area contributed by atoms with Crippen LogP contribution in [0.1, 0.15) is 6.92 Å². The molecule has 0 aliphatic heterocycles. The van der Waals surface area contributed by atoms with Gasteiger partial charge in [-0.25, -0.2) is 0 Å². The number of hydrazone groups is 1. The first-order valence-electron chi connectivity index (χ1n) is 4.64. The first kappa shape index (κ1) is 11.2. The maximum atomic E-state index is 5.37. The molecule has 0 fully saturated rings. The molecule has 1 rings (SSSR count). The zero-order chi connectivity index (χ0) is 11.1. The van der Waals surface area contributed by atoms with Gasteiger partial charge in [0, 0.05) is 0 Å². The molecule has 0 atom stereocenters. The highest BCUT2D eigenvalue weighted by atomic mass is 16.5. The molecule has 0 saturated carbocycles. The minimum Gasteiger partial charge on any atom is -0.494 e. The standard InChI is InChI=1S/C10H15N3O2/c1-2-14-8-3-5-9(6-4-8)15-7-10(11)13-12/h3-6H,2,7,12H2,1H3,(H2,11,13). The second-order valence-corrected chi connectivity index (χ2v) is 2.81. The average Bonchev–Trinajstić information content (AvgIpc) is 2.28. The first-order valence-corrected chi connectivity index (χ1v) is 4.64. The van der Waals surface area contributed by atoms with Crippen LogP contribution in [0, 0.1) is 0 Å². The van der Waals surface area contributed by atoms with E-state index in [4.69, 9.17) is 21.1 Å². The quantitative estimate of drug-likeness (QED) is 0.323. The summed E-state index contributed by atoms with van der Waals surface area (Å²) in [7, 11) is 0. The van der Waals surface area contributed by atoms with Gasteiger partial charge in [0.25, 0.3) is 0 Å². The Morgan fingerprint density at radius 3 is 2.20 bits per heavy atom. The minimum absolute atomic E-state index is 0.185. The highest BCUT2D eigenvalue weighted by Crippen LogP contribution is 2.17. The summed E-state index contributed by atoms with van der Waals surface area (Å²) in [6, 6.07) is 7.26. The van der Waals surface area contributed by atoms with Crippen molar-refractivity contribution in [1.29, 1.82) is 0 Å². The number of hydrogen-bond donors (Lipinski definition) is 2. The Balaban J connectivity index is 2.49. The lowest BCUT2D eigenvalue weighted by Gasteiger charge is -2.06. The van der Waals surface area contributed by atoms with Gasteiger partial charge in [0.2, 0.25) is 0 Å². The number of nitrogens with zero attached hydrogens (tertiary/aromatic N) is 1. The lowest BCUT2D eigenvalue weighted by Crippen LogP contribution is -2.22. The Hall–Kier alpha value is -1.91. The van der Waals surface area contributed by atoms with Gasteiger partial charge >= 0.3 is 0 Å². The second kappa shape index (κ2) is 5.74. The van der Waals surface area contributed by atoms with E-state index in [1.165, 1.54) is 0 Å². The van der Waals surface area contributed by atoms with Crippen LogP contribution in [0.3, 0.4) is 0 Å². The van der Waals surface area contributed by atoms with Crippen LogP contribution in [0.4, 0.5) is 0 Å². The van der Waals surface area contributed by atoms with E-state index >= 15 is 0 Å². The van der Waals surface area contributed by atoms with Crippen molar-refractivity contribution in [3.8, 4) is 11.5 Å². The molecule has 15 heavy (non-hydrogen) atoms. The van der Waals surface area contributed by atoms with E-state index in [0.717, 1.165) is 5.75 Å². The summed E-state index contributed by atoms with van der Waals surface area (Å²) in [4.78, 5) is 0. The fourth-order valence-electron chi connectivity index (χ4n) is 0.993. The fourth-order valence-corrected chi connectivity index (χ4v) is 0.993. The van der Waals surface area contributed by atoms with E-state index in [0.29, 0.717) is 12.4 Å². The third-order valence-corrected chi connectivity index (χ3v) is 1.69. The van der Waals surface area contributed by atoms with E-state index in [1.807, 2.05) is 19.1 Å². The number of rotatable bonds is 5. The zero-order valence-electron chi connectivity index (χ0n) is 8.64. The predicted octanol–water partition coefficient (Wildman–Crippen LogP) is 0.695. The molecule has 5 heteroatoms. The predicted molar refractivity (Wildman–Crippen MR) is 58.9 cm³/mol. The molecule has 0 bridgehead atoms. The lowest BCUT2D eigenvalue weighted by atomic mass is 10.3.